The fourth-order valence-corrected chi connectivity index (χ4v) is 4.08. The third kappa shape index (κ3) is 5.61. The molecule has 4 nitrogen and oxygen atoms in total. The van der Waals surface area contributed by atoms with E-state index in [0.717, 1.165) is 15.4 Å². The van der Waals surface area contributed by atoms with Gasteiger partial charge in [-0.2, -0.15) is 5.26 Å². The molecule has 0 fully saturated rings. The van der Waals surface area contributed by atoms with Gasteiger partial charge in [0.1, 0.15) is 24.0 Å². The molecule has 0 aliphatic carbocycles. The number of amides is 1. The lowest BCUT2D eigenvalue weighted by atomic mass is 10.1. The summed E-state index contributed by atoms with van der Waals surface area (Å²) in [5, 5.41) is 15.0. The van der Waals surface area contributed by atoms with Gasteiger partial charge in [-0.05, 0) is 74.2 Å². The van der Waals surface area contributed by atoms with Crippen LogP contribution in [0.4, 0.5) is 5.69 Å². The summed E-state index contributed by atoms with van der Waals surface area (Å²) in [5.74, 6) is 0.161. The van der Waals surface area contributed by atoms with Gasteiger partial charge in [-0.25, -0.2) is 0 Å². The quantitative estimate of drug-likeness (QED) is 0.214. The molecular weight excluding hydrogens is 500 g/mol. The van der Waals surface area contributed by atoms with Gasteiger partial charge in [0.05, 0.1) is 4.47 Å². The van der Waals surface area contributed by atoms with E-state index in [-0.39, 0.29) is 5.57 Å². The highest BCUT2D eigenvalue weighted by atomic mass is 79.9. The number of hydrogen-bond acceptors (Lipinski definition) is 3. The first-order valence-corrected chi connectivity index (χ1v) is 11.3. The number of benzene rings is 4. The number of ether oxygens (including phenoxy) is 1. The molecule has 0 saturated carbocycles. The highest BCUT2D eigenvalue weighted by Crippen LogP contribution is 2.29. The van der Waals surface area contributed by atoms with Crippen LogP contribution >= 0.6 is 27.5 Å². The second-order valence-electron chi connectivity index (χ2n) is 7.25. The Morgan fingerprint density at radius 2 is 1.82 bits per heavy atom. The number of nitrogens with one attached hydrogen (secondary N) is 1. The molecule has 4 aromatic carbocycles. The number of anilines is 1. The van der Waals surface area contributed by atoms with Gasteiger partial charge in [0.15, 0.2) is 0 Å². The average molecular weight is 518 g/mol. The molecule has 6 heteroatoms. The van der Waals surface area contributed by atoms with Crippen LogP contribution in [-0.2, 0) is 11.4 Å². The Labute approximate surface area is 205 Å². The molecule has 0 aliphatic rings. The van der Waals surface area contributed by atoms with Crippen molar-refractivity contribution in [3.05, 3.63) is 111 Å². The van der Waals surface area contributed by atoms with Crippen LogP contribution < -0.4 is 10.1 Å². The Morgan fingerprint density at radius 1 is 1.03 bits per heavy atom. The molecule has 1 N–H and O–H groups in total. The maximum atomic E-state index is 12.5. The Morgan fingerprint density at radius 3 is 2.61 bits per heavy atom. The van der Waals surface area contributed by atoms with Crippen LogP contribution in [0.3, 0.4) is 0 Å². The van der Waals surface area contributed by atoms with Gasteiger partial charge in [0.25, 0.3) is 5.91 Å². The molecule has 0 spiro atoms. The predicted molar refractivity (Wildman–Crippen MR) is 136 cm³/mol. The Hall–Kier alpha value is -3.59. The zero-order valence-electron chi connectivity index (χ0n) is 17.4. The lowest BCUT2D eigenvalue weighted by molar-refractivity contribution is -0.112. The maximum Gasteiger partial charge on any atom is 0.266 e. The van der Waals surface area contributed by atoms with Crippen molar-refractivity contribution in [2.75, 3.05) is 5.32 Å². The zero-order chi connectivity index (χ0) is 23.2. The Balaban J connectivity index is 1.48. The number of rotatable bonds is 6. The minimum absolute atomic E-state index is 0.0219. The van der Waals surface area contributed by atoms with Crippen molar-refractivity contribution in [1.29, 1.82) is 5.26 Å². The Kier molecular flexibility index (Phi) is 7.09. The lowest BCUT2D eigenvalue weighted by Gasteiger charge is -2.11. The topological polar surface area (TPSA) is 62.1 Å². The summed E-state index contributed by atoms with van der Waals surface area (Å²) in [4.78, 5) is 12.5. The Bertz CT molecular complexity index is 1400. The number of fused-ring (bicyclic) bond motifs is 1. The van der Waals surface area contributed by atoms with Gasteiger partial charge in [-0.3, -0.25) is 4.79 Å². The van der Waals surface area contributed by atoms with Crippen LogP contribution in [0.25, 0.3) is 16.8 Å². The number of carbonyl (C=O) groups excluding carboxylic acids is 1. The van der Waals surface area contributed by atoms with Crippen molar-refractivity contribution in [2.45, 2.75) is 6.61 Å². The largest absolute Gasteiger partial charge is 0.488 e. The van der Waals surface area contributed by atoms with Crippen LogP contribution in [0.15, 0.2) is 95.0 Å². The first-order valence-electron chi connectivity index (χ1n) is 10.1. The molecule has 4 rings (SSSR count). The summed E-state index contributed by atoms with van der Waals surface area (Å²) >= 11 is 9.48. The molecule has 4 aromatic rings. The number of hydrogen-bond donors (Lipinski definition) is 1. The highest BCUT2D eigenvalue weighted by Gasteiger charge is 2.11. The monoisotopic (exact) mass is 516 g/mol. The van der Waals surface area contributed by atoms with E-state index in [9.17, 15) is 10.1 Å². The average Bonchev–Trinajstić information content (AvgIpc) is 2.82. The van der Waals surface area contributed by atoms with Gasteiger partial charge in [0, 0.05) is 10.7 Å². The van der Waals surface area contributed by atoms with Gasteiger partial charge >= 0.3 is 0 Å². The molecule has 0 aliphatic heterocycles. The highest BCUT2D eigenvalue weighted by molar-refractivity contribution is 9.10. The smallest absolute Gasteiger partial charge is 0.266 e. The summed E-state index contributed by atoms with van der Waals surface area (Å²) in [6, 6.07) is 28.4. The van der Waals surface area contributed by atoms with Crippen LogP contribution in [-0.4, -0.2) is 5.91 Å². The SMILES string of the molecule is N#C/C(=C\c1ccc(OCc2cccc3ccccc23)c(Br)c1)C(=O)Nc1cccc(Cl)c1. The predicted octanol–water partition coefficient (Wildman–Crippen LogP) is 7.38. The summed E-state index contributed by atoms with van der Waals surface area (Å²) in [6.45, 7) is 0.417. The molecule has 33 heavy (non-hydrogen) atoms. The fourth-order valence-electron chi connectivity index (χ4n) is 3.38. The van der Waals surface area contributed by atoms with E-state index >= 15 is 0 Å². The van der Waals surface area contributed by atoms with E-state index in [1.54, 1.807) is 30.3 Å². The summed E-state index contributed by atoms with van der Waals surface area (Å²) < 4.78 is 6.76. The third-order valence-electron chi connectivity index (χ3n) is 4.98. The minimum atomic E-state index is -0.507. The van der Waals surface area contributed by atoms with Crippen LogP contribution in [0.2, 0.25) is 5.02 Å². The standard InChI is InChI=1S/C27H18BrClN2O2/c28-25-14-18(13-21(16-30)27(32)31-23-9-4-8-22(29)15-23)11-12-26(25)33-17-20-7-3-6-19-5-1-2-10-24(19)20/h1-15H,17H2,(H,31,32)/b21-13+. The number of nitrogens with zero attached hydrogens (tertiary/aromatic N) is 1. The molecule has 0 bridgehead atoms. The van der Waals surface area contributed by atoms with Crippen LogP contribution in [0, 0.1) is 11.3 Å². The third-order valence-corrected chi connectivity index (χ3v) is 5.83. The van der Waals surface area contributed by atoms with Crippen molar-refractivity contribution in [3.8, 4) is 11.8 Å². The number of halogens is 2. The molecular formula is C27H18BrClN2O2. The van der Waals surface area contributed by atoms with Crippen LogP contribution in [0.1, 0.15) is 11.1 Å². The van der Waals surface area contributed by atoms with Gasteiger partial charge in [-0.15, -0.1) is 0 Å². The number of carbonyl (C=O) groups is 1. The van der Waals surface area contributed by atoms with Gasteiger partial charge < -0.3 is 10.1 Å². The van der Waals surface area contributed by atoms with Crippen molar-refractivity contribution in [1.82, 2.24) is 0 Å². The first-order chi connectivity index (χ1) is 16.0. The molecule has 1 amide bonds. The van der Waals surface area contributed by atoms with E-state index in [0.29, 0.717) is 28.6 Å². The molecule has 0 aromatic heterocycles. The molecule has 0 saturated heterocycles. The van der Waals surface area contributed by atoms with Crippen molar-refractivity contribution in [2.24, 2.45) is 0 Å². The molecule has 0 atom stereocenters. The van der Waals surface area contributed by atoms with E-state index in [1.807, 2.05) is 42.5 Å². The number of nitriles is 1. The fraction of sp³-hybridized carbons (Fsp3) is 0.0370. The molecule has 0 unspecified atom stereocenters. The van der Waals surface area contributed by atoms with Crippen molar-refractivity contribution < 1.29 is 9.53 Å². The normalized spacial score (nSPS) is 11.1. The van der Waals surface area contributed by atoms with Gasteiger partial charge in [-0.1, -0.05) is 66.2 Å². The lowest BCUT2D eigenvalue weighted by Crippen LogP contribution is -2.13. The summed E-state index contributed by atoms with van der Waals surface area (Å²) in [5.41, 5.74) is 2.28. The van der Waals surface area contributed by atoms with Crippen LogP contribution in [0.5, 0.6) is 5.75 Å². The second kappa shape index (κ2) is 10.4. The summed E-state index contributed by atoms with van der Waals surface area (Å²) in [6.07, 6.45) is 1.53. The van der Waals surface area contributed by atoms with E-state index < -0.39 is 5.91 Å². The van der Waals surface area contributed by atoms with E-state index in [4.69, 9.17) is 16.3 Å². The zero-order valence-corrected chi connectivity index (χ0v) is 19.7. The second-order valence-corrected chi connectivity index (χ2v) is 8.54. The van der Waals surface area contributed by atoms with E-state index in [2.05, 4.69) is 39.4 Å². The van der Waals surface area contributed by atoms with Gasteiger partial charge in [0.2, 0.25) is 0 Å². The minimum Gasteiger partial charge on any atom is -0.488 e. The van der Waals surface area contributed by atoms with E-state index in [1.165, 1.54) is 11.5 Å². The van der Waals surface area contributed by atoms with Crippen molar-refractivity contribution >= 4 is 56.0 Å². The molecule has 0 heterocycles. The van der Waals surface area contributed by atoms with Crippen molar-refractivity contribution in [3.63, 3.8) is 0 Å². The molecule has 0 radical (unpaired) electrons. The maximum absolute atomic E-state index is 12.5. The summed E-state index contributed by atoms with van der Waals surface area (Å²) in [7, 11) is 0. The molecule has 162 valence electrons. The first kappa shape index (κ1) is 22.6.